The molecule has 3 saturated carbocycles. The van der Waals surface area contributed by atoms with Crippen LogP contribution < -0.4 is 0 Å². The molecule has 0 radical (unpaired) electrons. The van der Waals surface area contributed by atoms with Crippen LogP contribution in [0.1, 0.15) is 19.3 Å². The Hall–Kier alpha value is -0.250. The minimum absolute atomic E-state index is 0.100. The third kappa shape index (κ3) is 1.58. The fourth-order valence-corrected chi connectivity index (χ4v) is 2.21. The maximum atomic E-state index is 11.7. The highest BCUT2D eigenvalue weighted by molar-refractivity contribution is 4.95. The highest BCUT2D eigenvalue weighted by Gasteiger charge is 2.46. The molecule has 0 aromatic carbocycles. The molecule has 3 aliphatic carbocycles. The van der Waals surface area contributed by atoms with Gasteiger partial charge in [0.15, 0.2) is 0 Å². The van der Waals surface area contributed by atoms with E-state index in [0.717, 1.165) is 19.3 Å². The van der Waals surface area contributed by atoms with Crippen molar-refractivity contribution in [3.05, 3.63) is 0 Å². The molecule has 3 aliphatic rings. The molecule has 0 heterocycles. The standard InChI is InChI=1S/C8H11F3O/c9-8(10,11)4-12-7-3-5-1-6(7)2-5/h5-7H,1-4H2. The van der Waals surface area contributed by atoms with E-state index in [0.29, 0.717) is 11.8 Å². The highest BCUT2D eigenvalue weighted by Crippen LogP contribution is 2.50. The monoisotopic (exact) mass is 180 g/mol. The zero-order chi connectivity index (χ0) is 8.77. The van der Waals surface area contributed by atoms with E-state index < -0.39 is 12.8 Å². The molecular weight excluding hydrogens is 169 g/mol. The van der Waals surface area contributed by atoms with E-state index in [4.69, 9.17) is 4.74 Å². The Morgan fingerprint density at radius 1 is 1.17 bits per heavy atom. The van der Waals surface area contributed by atoms with Gasteiger partial charge >= 0.3 is 6.18 Å². The highest BCUT2D eigenvalue weighted by atomic mass is 19.4. The Morgan fingerprint density at radius 2 is 1.83 bits per heavy atom. The molecule has 2 bridgehead atoms. The van der Waals surface area contributed by atoms with Crippen LogP contribution in [0.5, 0.6) is 0 Å². The zero-order valence-electron chi connectivity index (χ0n) is 6.60. The minimum Gasteiger partial charge on any atom is -0.369 e. The average Bonchev–Trinajstić information content (AvgIpc) is 2.34. The second-order valence-corrected chi connectivity index (χ2v) is 3.80. The number of ether oxygens (including phenoxy) is 1. The van der Waals surface area contributed by atoms with Crippen LogP contribution in [-0.4, -0.2) is 18.9 Å². The minimum atomic E-state index is -4.16. The molecule has 0 aromatic rings. The normalized spacial score (nSPS) is 39.8. The van der Waals surface area contributed by atoms with Crippen molar-refractivity contribution < 1.29 is 17.9 Å². The molecule has 12 heavy (non-hydrogen) atoms. The summed E-state index contributed by atoms with van der Waals surface area (Å²) < 4.78 is 40.0. The first-order valence-electron chi connectivity index (χ1n) is 4.23. The van der Waals surface area contributed by atoms with Crippen LogP contribution in [0.25, 0.3) is 0 Å². The lowest BCUT2D eigenvalue weighted by atomic mass is 9.84. The maximum absolute atomic E-state index is 11.7. The molecule has 70 valence electrons. The summed E-state index contributed by atoms with van der Waals surface area (Å²) in [5.41, 5.74) is 0. The Balaban J connectivity index is 1.74. The van der Waals surface area contributed by atoms with E-state index in [2.05, 4.69) is 0 Å². The van der Waals surface area contributed by atoms with Crippen molar-refractivity contribution in [2.24, 2.45) is 11.8 Å². The van der Waals surface area contributed by atoms with Crippen LogP contribution in [0, 0.1) is 11.8 Å². The van der Waals surface area contributed by atoms with Crippen LogP contribution in [0.4, 0.5) is 13.2 Å². The molecule has 0 saturated heterocycles. The van der Waals surface area contributed by atoms with Gasteiger partial charge in [0, 0.05) is 0 Å². The van der Waals surface area contributed by atoms with Crippen LogP contribution >= 0.6 is 0 Å². The first-order valence-corrected chi connectivity index (χ1v) is 4.23. The average molecular weight is 180 g/mol. The summed E-state index contributed by atoms with van der Waals surface area (Å²) in [6, 6.07) is 0. The molecule has 1 atom stereocenters. The number of rotatable bonds is 2. The first-order chi connectivity index (χ1) is 5.54. The number of hydrogen-bond donors (Lipinski definition) is 0. The van der Waals surface area contributed by atoms with E-state index in [1.165, 1.54) is 0 Å². The Morgan fingerprint density at radius 3 is 2.25 bits per heavy atom. The van der Waals surface area contributed by atoms with Gasteiger partial charge in [0.1, 0.15) is 6.61 Å². The SMILES string of the molecule is FC(F)(F)COC1CC2CC1C2. The number of halogens is 3. The van der Waals surface area contributed by atoms with Crippen molar-refractivity contribution in [2.75, 3.05) is 6.61 Å². The van der Waals surface area contributed by atoms with Crippen molar-refractivity contribution in [2.45, 2.75) is 31.5 Å². The summed E-state index contributed by atoms with van der Waals surface area (Å²) in [6.45, 7) is -1.07. The molecule has 1 nitrogen and oxygen atoms in total. The molecule has 3 fully saturated rings. The van der Waals surface area contributed by atoms with Gasteiger partial charge in [-0.2, -0.15) is 13.2 Å². The van der Waals surface area contributed by atoms with Crippen molar-refractivity contribution in [1.29, 1.82) is 0 Å². The summed E-state index contributed by atoms with van der Waals surface area (Å²) in [5, 5.41) is 0. The molecule has 3 rings (SSSR count). The van der Waals surface area contributed by atoms with Crippen molar-refractivity contribution >= 4 is 0 Å². The van der Waals surface area contributed by atoms with Gasteiger partial charge in [-0.25, -0.2) is 0 Å². The van der Waals surface area contributed by atoms with E-state index in [-0.39, 0.29) is 6.10 Å². The molecule has 0 N–H and O–H groups in total. The summed E-state index contributed by atoms with van der Waals surface area (Å²) in [7, 11) is 0. The lowest BCUT2D eigenvalue weighted by Crippen LogP contribution is -2.25. The Bertz CT molecular complexity index is 172. The van der Waals surface area contributed by atoms with Crippen molar-refractivity contribution in [3.8, 4) is 0 Å². The summed E-state index contributed by atoms with van der Waals surface area (Å²) >= 11 is 0. The van der Waals surface area contributed by atoms with Gasteiger partial charge in [0.05, 0.1) is 6.10 Å². The second kappa shape index (κ2) is 2.62. The van der Waals surface area contributed by atoms with Crippen LogP contribution in [0.15, 0.2) is 0 Å². The molecular formula is C8H11F3O. The Kier molecular flexibility index (Phi) is 1.82. The Labute approximate surface area is 68.9 Å². The maximum Gasteiger partial charge on any atom is 0.411 e. The second-order valence-electron chi connectivity index (χ2n) is 3.80. The molecule has 0 amide bonds. The van der Waals surface area contributed by atoms with Crippen LogP contribution in [-0.2, 0) is 4.74 Å². The van der Waals surface area contributed by atoms with Gasteiger partial charge in [0.2, 0.25) is 0 Å². The van der Waals surface area contributed by atoms with Crippen molar-refractivity contribution in [1.82, 2.24) is 0 Å². The summed E-state index contributed by atoms with van der Waals surface area (Å²) in [5.74, 6) is 1.09. The first kappa shape index (κ1) is 8.35. The molecule has 4 heteroatoms. The molecule has 0 aliphatic heterocycles. The van der Waals surface area contributed by atoms with Crippen molar-refractivity contribution in [3.63, 3.8) is 0 Å². The largest absolute Gasteiger partial charge is 0.411 e. The van der Waals surface area contributed by atoms with Gasteiger partial charge in [0.25, 0.3) is 0 Å². The fourth-order valence-electron chi connectivity index (χ4n) is 2.21. The van der Waals surface area contributed by atoms with E-state index in [1.54, 1.807) is 0 Å². The zero-order valence-corrected chi connectivity index (χ0v) is 6.60. The van der Waals surface area contributed by atoms with Gasteiger partial charge < -0.3 is 4.74 Å². The number of alkyl halides is 3. The van der Waals surface area contributed by atoms with Crippen LogP contribution in [0.2, 0.25) is 0 Å². The summed E-state index contributed by atoms with van der Waals surface area (Å²) in [4.78, 5) is 0. The van der Waals surface area contributed by atoms with Crippen LogP contribution in [0.3, 0.4) is 0 Å². The lowest BCUT2D eigenvalue weighted by Gasteiger charge is -2.24. The van der Waals surface area contributed by atoms with E-state index in [9.17, 15) is 13.2 Å². The van der Waals surface area contributed by atoms with Gasteiger partial charge in [-0.1, -0.05) is 0 Å². The fraction of sp³-hybridized carbons (Fsp3) is 1.00. The third-order valence-electron chi connectivity index (χ3n) is 2.82. The van der Waals surface area contributed by atoms with E-state index >= 15 is 0 Å². The lowest BCUT2D eigenvalue weighted by molar-refractivity contribution is -0.187. The van der Waals surface area contributed by atoms with Gasteiger partial charge in [-0.15, -0.1) is 0 Å². The summed E-state index contributed by atoms with van der Waals surface area (Å²) in [6.07, 6.45) is -1.24. The molecule has 0 spiro atoms. The molecule has 1 unspecified atom stereocenters. The quantitative estimate of drug-likeness (QED) is 0.633. The number of hydrogen-bond acceptors (Lipinski definition) is 1. The van der Waals surface area contributed by atoms with E-state index in [1.807, 2.05) is 0 Å². The number of fused-ring (bicyclic) bond motifs is 1. The molecule has 0 aromatic heterocycles. The van der Waals surface area contributed by atoms with Gasteiger partial charge in [-0.05, 0) is 31.1 Å². The predicted molar refractivity (Wildman–Crippen MR) is 36.6 cm³/mol. The smallest absolute Gasteiger partial charge is 0.369 e. The third-order valence-corrected chi connectivity index (χ3v) is 2.82. The van der Waals surface area contributed by atoms with Gasteiger partial charge in [-0.3, -0.25) is 0 Å². The predicted octanol–water partition coefficient (Wildman–Crippen LogP) is 2.36. The topological polar surface area (TPSA) is 9.23 Å².